The first-order chi connectivity index (χ1) is 15.3. The normalized spacial score (nSPS) is 14.7. The fourth-order valence-electron chi connectivity index (χ4n) is 3.88. The molecule has 0 atom stereocenters. The molecule has 9 heteroatoms. The number of halogens is 2. The molecule has 32 heavy (non-hydrogen) atoms. The molecule has 0 radical (unpaired) electrons. The van der Waals surface area contributed by atoms with Gasteiger partial charge in [-0.2, -0.15) is 0 Å². The molecule has 1 amide bonds. The maximum atomic E-state index is 12.6. The van der Waals surface area contributed by atoms with Crippen LogP contribution in [0.15, 0.2) is 54.6 Å². The van der Waals surface area contributed by atoms with E-state index in [1.54, 1.807) is 11.8 Å². The molecular formula is C23H23Cl2N3O4. The first-order valence-electron chi connectivity index (χ1n) is 10.2. The number of benzene rings is 2. The van der Waals surface area contributed by atoms with Crippen molar-refractivity contribution >= 4 is 29.3 Å². The summed E-state index contributed by atoms with van der Waals surface area (Å²) in [7, 11) is 0. The number of rotatable bonds is 4. The number of aromatic nitrogens is 1. The smallest absolute Gasteiger partial charge is 0.434 e. The van der Waals surface area contributed by atoms with Gasteiger partial charge in [-0.15, -0.1) is 4.73 Å². The summed E-state index contributed by atoms with van der Waals surface area (Å²) in [4.78, 5) is 21.6. The lowest BCUT2D eigenvalue weighted by Gasteiger charge is -2.39. The Morgan fingerprint density at radius 1 is 0.906 bits per heavy atom. The predicted molar refractivity (Wildman–Crippen MR) is 122 cm³/mol. The number of aromatic hydroxyl groups is 2. The minimum Gasteiger partial charge on any atom is -0.492 e. The van der Waals surface area contributed by atoms with E-state index in [0.717, 1.165) is 15.9 Å². The van der Waals surface area contributed by atoms with E-state index >= 15 is 0 Å². The molecule has 1 aliphatic heterocycles. The molecule has 1 fully saturated rings. The van der Waals surface area contributed by atoms with Gasteiger partial charge in [0.15, 0.2) is 0 Å². The van der Waals surface area contributed by atoms with Gasteiger partial charge >= 0.3 is 6.09 Å². The summed E-state index contributed by atoms with van der Waals surface area (Å²) in [5, 5.41) is 21.1. The average molecular weight is 476 g/mol. The van der Waals surface area contributed by atoms with Crippen molar-refractivity contribution in [3.63, 3.8) is 0 Å². The summed E-state index contributed by atoms with van der Waals surface area (Å²) in [6.45, 7) is 3.67. The molecule has 2 N–H and O–H groups in total. The Balaban J connectivity index is 1.49. The zero-order valence-electron chi connectivity index (χ0n) is 17.4. The molecule has 0 spiro atoms. The largest absolute Gasteiger partial charge is 0.492 e. The topological polar surface area (TPSA) is 78.2 Å². The van der Waals surface area contributed by atoms with E-state index < -0.39 is 6.09 Å². The lowest BCUT2D eigenvalue weighted by molar-refractivity contribution is 0.0515. The summed E-state index contributed by atoms with van der Waals surface area (Å²) in [5.41, 5.74) is 2.59. The highest BCUT2D eigenvalue weighted by Gasteiger charge is 2.30. The van der Waals surface area contributed by atoms with Crippen molar-refractivity contribution in [3.8, 4) is 11.8 Å². The van der Waals surface area contributed by atoms with Crippen molar-refractivity contribution in [2.45, 2.75) is 13.0 Å². The van der Waals surface area contributed by atoms with Crippen LogP contribution in [0, 0.1) is 6.92 Å². The van der Waals surface area contributed by atoms with Gasteiger partial charge in [0.05, 0.1) is 6.04 Å². The Hall–Kier alpha value is -2.87. The molecule has 1 aliphatic rings. The summed E-state index contributed by atoms with van der Waals surface area (Å²) < 4.78 is 0.730. The Morgan fingerprint density at radius 3 is 1.84 bits per heavy atom. The van der Waals surface area contributed by atoms with Crippen LogP contribution in [0.3, 0.4) is 0 Å². The molecule has 2 heterocycles. The van der Waals surface area contributed by atoms with E-state index in [9.17, 15) is 15.0 Å². The summed E-state index contributed by atoms with van der Waals surface area (Å²) in [6.07, 6.45) is -0.639. The first kappa shape index (κ1) is 22.3. The highest BCUT2D eigenvalue weighted by atomic mass is 35.5. The van der Waals surface area contributed by atoms with Gasteiger partial charge in [-0.1, -0.05) is 47.5 Å². The molecule has 7 nitrogen and oxygen atoms in total. The van der Waals surface area contributed by atoms with Gasteiger partial charge in [0.1, 0.15) is 0 Å². The fourth-order valence-corrected chi connectivity index (χ4v) is 4.13. The van der Waals surface area contributed by atoms with E-state index in [-0.39, 0.29) is 17.8 Å². The summed E-state index contributed by atoms with van der Waals surface area (Å²) in [5.74, 6) is -0.641. The second-order valence-corrected chi connectivity index (χ2v) is 8.56. The minimum absolute atomic E-state index is 0.0251. The maximum absolute atomic E-state index is 12.6. The zero-order valence-corrected chi connectivity index (χ0v) is 18.9. The van der Waals surface area contributed by atoms with E-state index in [1.165, 1.54) is 6.07 Å². The van der Waals surface area contributed by atoms with Crippen molar-refractivity contribution in [2.75, 3.05) is 26.2 Å². The standard InChI is InChI=1S/C23H23Cl2N3O4/c1-15-14-20(29)28(22(15)30)32-23(31)27-12-10-26(11-13-27)21(16-2-6-18(24)7-3-16)17-4-8-19(25)9-5-17/h2-9,14,21,29-30H,10-13H2,1H3. The molecule has 0 saturated carbocycles. The molecule has 0 bridgehead atoms. The highest BCUT2D eigenvalue weighted by Crippen LogP contribution is 2.31. The number of aryl methyl sites for hydroxylation is 1. The van der Waals surface area contributed by atoms with Crippen LogP contribution in [0.2, 0.25) is 10.0 Å². The summed E-state index contributed by atoms with van der Waals surface area (Å²) in [6, 6.07) is 16.8. The second kappa shape index (κ2) is 9.32. The van der Waals surface area contributed by atoms with Crippen molar-refractivity contribution in [1.82, 2.24) is 14.5 Å². The van der Waals surface area contributed by atoms with Crippen LogP contribution < -0.4 is 4.84 Å². The predicted octanol–water partition coefficient (Wildman–Crippen LogP) is 4.47. The molecule has 0 unspecified atom stereocenters. The quantitative estimate of drug-likeness (QED) is 0.581. The maximum Gasteiger partial charge on any atom is 0.434 e. The van der Waals surface area contributed by atoms with Crippen LogP contribution in [0.25, 0.3) is 0 Å². The molecule has 2 aromatic carbocycles. The van der Waals surface area contributed by atoms with Gasteiger partial charge in [-0.05, 0) is 42.3 Å². The van der Waals surface area contributed by atoms with Crippen LogP contribution in [-0.2, 0) is 0 Å². The van der Waals surface area contributed by atoms with Crippen LogP contribution >= 0.6 is 23.2 Å². The molecule has 1 saturated heterocycles. The van der Waals surface area contributed by atoms with Gasteiger partial charge < -0.3 is 20.0 Å². The number of piperazine rings is 1. The zero-order chi connectivity index (χ0) is 22.8. The van der Waals surface area contributed by atoms with Gasteiger partial charge in [-0.25, -0.2) is 4.79 Å². The van der Waals surface area contributed by atoms with Crippen molar-refractivity contribution < 1.29 is 19.8 Å². The molecular weight excluding hydrogens is 453 g/mol. The van der Waals surface area contributed by atoms with E-state index in [2.05, 4.69) is 4.90 Å². The Kier molecular flexibility index (Phi) is 6.50. The number of hydrogen-bond donors (Lipinski definition) is 2. The lowest BCUT2D eigenvalue weighted by atomic mass is 9.96. The Labute approximate surface area is 195 Å². The van der Waals surface area contributed by atoms with Crippen molar-refractivity contribution in [3.05, 3.63) is 81.3 Å². The lowest BCUT2D eigenvalue weighted by Crippen LogP contribution is -2.51. The third-order valence-corrected chi connectivity index (χ3v) is 6.08. The number of carbonyl (C=O) groups excluding carboxylic acids is 1. The number of hydrogen-bond acceptors (Lipinski definition) is 5. The third kappa shape index (κ3) is 4.65. The molecule has 0 aliphatic carbocycles. The van der Waals surface area contributed by atoms with Gasteiger partial charge in [0.2, 0.25) is 11.8 Å². The molecule has 3 aromatic rings. The van der Waals surface area contributed by atoms with Crippen LogP contribution in [0.4, 0.5) is 4.79 Å². The molecule has 168 valence electrons. The van der Waals surface area contributed by atoms with Crippen LogP contribution in [-0.4, -0.2) is 57.0 Å². The SMILES string of the molecule is Cc1cc(O)n(OC(=O)N2CCN(C(c3ccc(Cl)cc3)c3ccc(Cl)cc3)CC2)c1O. The minimum atomic E-state index is -0.639. The van der Waals surface area contributed by atoms with Gasteiger partial charge in [0, 0.05) is 47.9 Å². The fraction of sp³-hybridized carbons (Fsp3) is 0.261. The van der Waals surface area contributed by atoms with E-state index in [0.29, 0.717) is 41.8 Å². The number of nitrogens with zero attached hydrogens (tertiary/aromatic N) is 3. The Bertz CT molecular complexity index is 1050. The number of carbonyl (C=O) groups is 1. The molecule has 1 aromatic heterocycles. The Morgan fingerprint density at radius 2 is 1.41 bits per heavy atom. The number of amides is 1. The van der Waals surface area contributed by atoms with Crippen LogP contribution in [0.5, 0.6) is 11.8 Å². The average Bonchev–Trinajstić information content (AvgIpc) is 3.03. The van der Waals surface area contributed by atoms with Gasteiger partial charge in [0.25, 0.3) is 0 Å². The van der Waals surface area contributed by atoms with Crippen molar-refractivity contribution in [2.24, 2.45) is 0 Å². The monoisotopic (exact) mass is 475 g/mol. The molecule has 4 rings (SSSR count). The van der Waals surface area contributed by atoms with Gasteiger partial charge in [-0.3, -0.25) is 4.90 Å². The van der Waals surface area contributed by atoms with E-state index in [1.807, 2.05) is 48.5 Å². The summed E-state index contributed by atoms with van der Waals surface area (Å²) >= 11 is 12.2. The van der Waals surface area contributed by atoms with Crippen LogP contribution in [0.1, 0.15) is 22.7 Å². The van der Waals surface area contributed by atoms with E-state index in [4.69, 9.17) is 28.0 Å². The first-order valence-corrected chi connectivity index (χ1v) is 10.9. The second-order valence-electron chi connectivity index (χ2n) is 7.69. The third-order valence-electron chi connectivity index (χ3n) is 5.58. The van der Waals surface area contributed by atoms with Crippen molar-refractivity contribution in [1.29, 1.82) is 0 Å². The highest BCUT2D eigenvalue weighted by molar-refractivity contribution is 6.30.